The Kier molecular flexibility index (Phi) is 8.05. The van der Waals surface area contributed by atoms with Crippen molar-refractivity contribution in [3.8, 4) is 5.75 Å². The van der Waals surface area contributed by atoms with E-state index in [1.54, 1.807) is 12.1 Å². The average Bonchev–Trinajstić information content (AvgIpc) is 2.83. The van der Waals surface area contributed by atoms with Crippen LogP contribution < -0.4 is 14.5 Å². The van der Waals surface area contributed by atoms with Crippen LogP contribution in [0.3, 0.4) is 0 Å². The maximum atomic E-state index is 13.4. The summed E-state index contributed by atoms with van der Waals surface area (Å²) in [6, 6.07) is 16.1. The number of hydrogen-bond donors (Lipinski definition) is 1. The van der Waals surface area contributed by atoms with Gasteiger partial charge in [-0.2, -0.15) is 5.10 Å². The van der Waals surface area contributed by atoms with Crippen LogP contribution in [0.4, 0.5) is 11.4 Å². The Hall–Kier alpha value is -3.96. The average molecular weight is 517 g/mol. The van der Waals surface area contributed by atoms with Crippen LogP contribution in [0.15, 0.2) is 76.7 Å². The standard InChI is InChI=1S/C23H21ClN4O6S/c1-16-3-10-20(11-4-16)35(32,33)27(19-9-12-22(34-2)21(24)13-19)15-23(29)26-25-14-17-5-7-18(8-6-17)28(30)31/h3-14H,15H2,1-2H3,(H,26,29)/b25-14-. The number of non-ortho nitro benzene ring substituents is 1. The van der Waals surface area contributed by atoms with Gasteiger partial charge in [0.1, 0.15) is 12.3 Å². The first-order valence-corrected chi connectivity index (χ1v) is 11.9. The summed E-state index contributed by atoms with van der Waals surface area (Å²) in [5.74, 6) is -0.369. The number of ether oxygens (including phenoxy) is 1. The van der Waals surface area contributed by atoms with Crippen molar-refractivity contribution in [1.82, 2.24) is 5.43 Å². The van der Waals surface area contributed by atoms with E-state index in [-0.39, 0.29) is 21.3 Å². The third-order valence-electron chi connectivity index (χ3n) is 4.83. The first kappa shape index (κ1) is 25.7. The predicted octanol–water partition coefficient (Wildman–Crippen LogP) is 3.91. The molecule has 0 aliphatic rings. The summed E-state index contributed by atoms with van der Waals surface area (Å²) in [5.41, 5.74) is 3.73. The number of halogens is 1. The van der Waals surface area contributed by atoms with Gasteiger partial charge in [0.2, 0.25) is 0 Å². The highest BCUT2D eigenvalue weighted by atomic mass is 35.5. The molecule has 3 rings (SSSR count). The SMILES string of the molecule is COc1ccc(N(CC(=O)N/N=C\c2ccc([N+](=O)[O-])cc2)S(=O)(=O)c2ccc(C)cc2)cc1Cl. The number of amides is 1. The highest BCUT2D eigenvalue weighted by Gasteiger charge is 2.27. The van der Waals surface area contributed by atoms with Crippen LogP contribution in [0.5, 0.6) is 5.75 Å². The maximum Gasteiger partial charge on any atom is 0.269 e. The molecule has 1 N–H and O–H groups in total. The number of nitrogens with zero attached hydrogens (tertiary/aromatic N) is 3. The highest BCUT2D eigenvalue weighted by molar-refractivity contribution is 7.92. The molecule has 0 unspecified atom stereocenters. The van der Waals surface area contributed by atoms with E-state index in [0.29, 0.717) is 11.3 Å². The van der Waals surface area contributed by atoms with Crippen molar-refractivity contribution in [2.75, 3.05) is 18.0 Å². The minimum absolute atomic E-state index is 0.00257. The van der Waals surface area contributed by atoms with Crippen LogP contribution in [0.25, 0.3) is 0 Å². The van der Waals surface area contributed by atoms with Gasteiger partial charge < -0.3 is 4.74 Å². The number of hydrazone groups is 1. The first-order valence-electron chi connectivity index (χ1n) is 10.1. The number of nitro benzene ring substituents is 1. The van der Waals surface area contributed by atoms with Gasteiger partial charge in [-0.15, -0.1) is 0 Å². The molecule has 3 aromatic carbocycles. The van der Waals surface area contributed by atoms with Crippen molar-refractivity contribution in [3.63, 3.8) is 0 Å². The maximum absolute atomic E-state index is 13.4. The molecule has 182 valence electrons. The first-order chi connectivity index (χ1) is 16.6. The number of sulfonamides is 1. The number of hydrogen-bond acceptors (Lipinski definition) is 7. The second-order valence-electron chi connectivity index (χ2n) is 7.29. The summed E-state index contributed by atoms with van der Waals surface area (Å²) in [4.78, 5) is 22.8. The fourth-order valence-electron chi connectivity index (χ4n) is 2.99. The Morgan fingerprint density at radius 2 is 1.80 bits per heavy atom. The molecule has 0 saturated heterocycles. The van der Waals surface area contributed by atoms with Gasteiger partial charge in [0.15, 0.2) is 0 Å². The number of methoxy groups -OCH3 is 1. The van der Waals surface area contributed by atoms with Crippen LogP contribution in [0, 0.1) is 17.0 Å². The van der Waals surface area contributed by atoms with E-state index in [1.165, 1.54) is 67.9 Å². The van der Waals surface area contributed by atoms with Gasteiger partial charge in [0.25, 0.3) is 21.6 Å². The fourth-order valence-corrected chi connectivity index (χ4v) is 4.65. The zero-order valence-electron chi connectivity index (χ0n) is 18.7. The molecule has 1 amide bonds. The van der Waals surface area contributed by atoms with Crippen molar-refractivity contribution in [3.05, 3.63) is 93.0 Å². The van der Waals surface area contributed by atoms with E-state index in [0.717, 1.165) is 9.87 Å². The quantitative estimate of drug-likeness (QED) is 0.260. The summed E-state index contributed by atoms with van der Waals surface area (Å²) in [6.45, 7) is 1.24. The Morgan fingerprint density at radius 3 is 2.37 bits per heavy atom. The Bertz CT molecular complexity index is 1360. The van der Waals surface area contributed by atoms with Gasteiger partial charge in [0, 0.05) is 12.1 Å². The minimum atomic E-state index is -4.14. The number of nitrogens with one attached hydrogen (secondary N) is 1. The van der Waals surface area contributed by atoms with Crippen LogP contribution in [0.2, 0.25) is 5.02 Å². The second kappa shape index (κ2) is 11.0. The predicted molar refractivity (Wildman–Crippen MR) is 133 cm³/mol. The molecule has 0 radical (unpaired) electrons. The number of aryl methyl sites for hydroxylation is 1. The molecule has 10 nitrogen and oxygen atoms in total. The zero-order valence-corrected chi connectivity index (χ0v) is 20.3. The highest BCUT2D eigenvalue weighted by Crippen LogP contribution is 2.32. The molecular weight excluding hydrogens is 496 g/mol. The summed E-state index contributed by atoms with van der Waals surface area (Å²) in [5, 5.41) is 14.7. The van der Waals surface area contributed by atoms with Gasteiger partial charge in [0.05, 0.1) is 33.9 Å². The molecule has 0 fully saturated rings. The summed E-state index contributed by atoms with van der Waals surface area (Å²) in [6.07, 6.45) is 1.28. The molecule has 0 aliphatic heterocycles. The molecule has 0 spiro atoms. The van der Waals surface area contributed by atoms with Crippen molar-refractivity contribution in [1.29, 1.82) is 0 Å². The molecule has 0 saturated carbocycles. The minimum Gasteiger partial charge on any atom is -0.495 e. The Balaban J connectivity index is 1.84. The van der Waals surface area contributed by atoms with Crippen LogP contribution in [0.1, 0.15) is 11.1 Å². The van der Waals surface area contributed by atoms with Gasteiger partial charge in [-0.05, 0) is 55.0 Å². The fraction of sp³-hybridized carbons (Fsp3) is 0.130. The molecule has 35 heavy (non-hydrogen) atoms. The lowest BCUT2D eigenvalue weighted by molar-refractivity contribution is -0.384. The Labute approximate surface area is 207 Å². The van der Waals surface area contributed by atoms with Crippen LogP contribution in [-0.4, -0.2) is 39.1 Å². The number of nitro groups is 1. The van der Waals surface area contributed by atoms with Gasteiger partial charge in [-0.1, -0.05) is 29.3 Å². The van der Waals surface area contributed by atoms with E-state index < -0.39 is 27.4 Å². The summed E-state index contributed by atoms with van der Waals surface area (Å²) >= 11 is 6.20. The molecule has 0 bridgehead atoms. The third kappa shape index (κ3) is 6.34. The van der Waals surface area contributed by atoms with E-state index >= 15 is 0 Å². The topological polar surface area (TPSA) is 131 Å². The summed E-state index contributed by atoms with van der Waals surface area (Å²) in [7, 11) is -2.71. The molecule has 0 heterocycles. The Morgan fingerprint density at radius 1 is 1.14 bits per heavy atom. The molecule has 12 heteroatoms. The number of carbonyl (C=O) groups excluding carboxylic acids is 1. The van der Waals surface area contributed by atoms with Crippen LogP contribution >= 0.6 is 11.6 Å². The van der Waals surface area contributed by atoms with Gasteiger partial charge in [-0.25, -0.2) is 13.8 Å². The lowest BCUT2D eigenvalue weighted by Gasteiger charge is -2.24. The van der Waals surface area contributed by atoms with E-state index in [1.807, 2.05) is 6.92 Å². The third-order valence-corrected chi connectivity index (χ3v) is 6.91. The van der Waals surface area contributed by atoms with Crippen molar-refractivity contribution >= 4 is 45.1 Å². The summed E-state index contributed by atoms with van der Waals surface area (Å²) < 4.78 is 32.9. The van der Waals surface area contributed by atoms with Crippen LogP contribution in [-0.2, 0) is 14.8 Å². The molecule has 0 atom stereocenters. The lowest BCUT2D eigenvalue weighted by Crippen LogP contribution is -2.39. The van der Waals surface area contributed by atoms with Crippen molar-refractivity contribution in [2.24, 2.45) is 5.10 Å². The number of carbonyl (C=O) groups is 1. The van der Waals surface area contributed by atoms with Crippen molar-refractivity contribution in [2.45, 2.75) is 11.8 Å². The molecular formula is C23H21ClN4O6S. The van der Waals surface area contributed by atoms with Gasteiger partial charge >= 0.3 is 0 Å². The van der Waals surface area contributed by atoms with E-state index in [9.17, 15) is 23.3 Å². The molecule has 3 aromatic rings. The molecule has 0 aliphatic carbocycles. The lowest BCUT2D eigenvalue weighted by atomic mass is 10.2. The number of benzene rings is 3. The normalized spacial score (nSPS) is 11.3. The monoisotopic (exact) mass is 516 g/mol. The molecule has 0 aromatic heterocycles. The second-order valence-corrected chi connectivity index (χ2v) is 9.55. The van der Waals surface area contributed by atoms with Gasteiger partial charge in [-0.3, -0.25) is 19.2 Å². The zero-order chi connectivity index (χ0) is 25.6. The largest absolute Gasteiger partial charge is 0.495 e. The van der Waals surface area contributed by atoms with Crippen molar-refractivity contribution < 1.29 is 22.9 Å². The number of rotatable bonds is 9. The number of anilines is 1. The smallest absolute Gasteiger partial charge is 0.269 e. The van der Waals surface area contributed by atoms with E-state index in [2.05, 4.69) is 10.5 Å². The van der Waals surface area contributed by atoms with E-state index in [4.69, 9.17) is 16.3 Å².